The monoisotopic (exact) mass is 369 g/mol. The fourth-order valence-electron chi connectivity index (χ4n) is 3.47. The van der Waals surface area contributed by atoms with Gasteiger partial charge in [0.2, 0.25) is 0 Å². The van der Waals surface area contributed by atoms with Crippen molar-refractivity contribution in [1.82, 2.24) is 14.3 Å². The second kappa shape index (κ2) is 7.11. The van der Waals surface area contributed by atoms with Gasteiger partial charge in [-0.25, -0.2) is 4.98 Å². The van der Waals surface area contributed by atoms with E-state index in [0.717, 1.165) is 58.5 Å². The van der Waals surface area contributed by atoms with E-state index >= 15 is 0 Å². The van der Waals surface area contributed by atoms with Crippen LogP contribution in [0.25, 0.3) is 16.2 Å². The van der Waals surface area contributed by atoms with E-state index in [0.29, 0.717) is 0 Å². The molecular weight excluding hydrogens is 346 g/mol. The first-order chi connectivity index (χ1) is 12.7. The van der Waals surface area contributed by atoms with Gasteiger partial charge in [-0.1, -0.05) is 24.2 Å². The predicted octanol–water partition coefficient (Wildman–Crippen LogP) is 4.40. The first kappa shape index (κ1) is 17.1. The zero-order valence-electron chi connectivity index (χ0n) is 15.2. The Kier molecular flexibility index (Phi) is 4.68. The van der Waals surface area contributed by atoms with Crippen LogP contribution in [0.1, 0.15) is 41.0 Å². The van der Waals surface area contributed by atoms with Gasteiger partial charge in [0.1, 0.15) is 10.6 Å². The highest BCUT2D eigenvalue weighted by atomic mass is 32.1. The summed E-state index contributed by atoms with van der Waals surface area (Å²) in [5.41, 5.74) is 2.93. The molecule has 1 amide bonds. The SMILES string of the molecule is COc1ccc(-c2cn3c(C)c(C(=O)N4CCCCCC4)sc3n2)cc1. The summed E-state index contributed by atoms with van der Waals surface area (Å²) in [6.07, 6.45) is 6.68. The summed E-state index contributed by atoms with van der Waals surface area (Å²) in [5, 5.41) is 0. The Balaban J connectivity index is 1.63. The Hall–Kier alpha value is -2.34. The number of hydrogen-bond acceptors (Lipinski definition) is 4. The number of methoxy groups -OCH3 is 1. The van der Waals surface area contributed by atoms with Crippen molar-refractivity contribution in [2.45, 2.75) is 32.6 Å². The number of rotatable bonds is 3. The number of fused-ring (bicyclic) bond motifs is 1. The standard InChI is InChI=1S/C20H23N3O2S/c1-14-18(19(24)22-11-5-3-4-6-12-22)26-20-21-17(13-23(14)20)15-7-9-16(25-2)10-8-15/h7-10,13H,3-6,11-12H2,1-2H3. The molecule has 0 spiro atoms. The predicted molar refractivity (Wildman–Crippen MR) is 104 cm³/mol. The van der Waals surface area contributed by atoms with Crippen molar-refractivity contribution in [1.29, 1.82) is 0 Å². The number of hydrogen-bond donors (Lipinski definition) is 0. The van der Waals surface area contributed by atoms with Crippen molar-refractivity contribution < 1.29 is 9.53 Å². The van der Waals surface area contributed by atoms with Crippen molar-refractivity contribution in [3.63, 3.8) is 0 Å². The minimum absolute atomic E-state index is 0.158. The molecule has 1 saturated heterocycles. The molecule has 1 aliphatic heterocycles. The lowest BCUT2D eigenvalue weighted by molar-refractivity contribution is 0.0765. The van der Waals surface area contributed by atoms with Crippen LogP contribution in [-0.4, -0.2) is 40.4 Å². The number of carbonyl (C=O) groups excluding carboxylic acids is 1. The lowest BCUT2D eigenvalue weighted by Gasteiger charge is -2.19. The highest BCUT2D eigenvalue weighted by Crippen LogP contribution is 2.29. The summed E-state index contributed by atoms with van der Waals surface area (Å²) in [6, 6.07) is 7.88. The number of ether oxygens (including phenoxy) is 1. The molecule has 4 rings (SSSR count). The molecule has 0 atom stereocenters. The van der Waals surface area contributed by atoms with Gasteiger partial charge in [-0.2, -0.15) is 0 Å². The first-order valence-corrected chi connectivity index (χ1v) is 9.91. The van der Waals surface area contributed by atoms with Crippen molar-refractivity contribution >= 4 is 22.2 Å². The van der Waals surface area contributed by atoms with Gasteiger partial charge in [0.05, 0.1) is 12.8 Å². The van der Waals surface area contributed by atoms with Crippen LogP contribution in [0.15, 0.2) is 30.5 Å². The molecule has 0 bridgehead atoms. The van der Waals surface area contributed by atoms with Crippen LogP contribution < -0.4 is 4.74 Å². The minimum Gasteiger partial charge on any atom is -0.497 e. The number of aromatic nitrogens is 2. The Morgan fingerprint density at radius 3 is 2.42 bits per heavy atom. The molecule has 5 nitrogen and oxygen atoms in total. The summed E-state index contributed by atoms with van der Waals surface area (Å²) in [4.78, 5) is 21.4. The number of imidazole rings is 1. The van der Waals surface area contributed by atoms with Crippen LogP contribution >= 0.6 is 11.3 Å². The molecule has 1 aromatic carbocycles. The first-order valence-electron chi connectivity index (χ1n) is 9.09. The van der Waals surface area contributed by atoms with E-state index in [4.69, 9.17) is 9.72 Å². The highest BCUT2D eigenvalue weighted by Gasteiger charge is 2.23. The van der Waals surface area contributed by atoms with Crippen molar-refractivity contribution in [2.24, 2.45) is 0 Å². The van der Waals surface area contributed by atoms with E-state index in [1.54, 1.807) is 7.11 Å². The highest BCUT2D eigenvalue weighted by molar-refractivity contribution is 7.19. The molecule has 3 aromatic rings. The molecule has 1 fully saturated rings. The Morgan fingerprint density at radius 2 is 1.81 bits per heavy atom. The van der Waals surface area contributed by atoms with Crippen LogP contribution in [0.3, 0.4) is 0 Å². The van der Waals surface area contributed by atoms with Crippen molar-refractivity contribution in [3.05, 3.63) is 41.0 Å². The van der Waals surface area contributed by atoms with Crippen molar-refractivity contribution in [2.75, 3.05) is 20.2 Å². The summed E-state index contributed by atoms with van der Waals surface area (Å²) >= 11 is 1.49. The third kappa shape index (κ3) is 3.09. The smallest absolute Gasteiger partial charge is 0.265 e. The fourth-order valence-corrected chi connectivity index (χ4v) is 4.54. The van der Waals surface area contributed by atoms with E-state index in [9.17, 15) is 4.79 Å². The topological polar surface area (TPSA) is 46.8 Å². The van der Waals surface area contributed by atoms with E-state index in [-0.39, 0.29) is 5.91 Å². The van der Waals surface area contributed by atoms with E-state index in [2.05, 4.69) is 0 Å². The molecule has 0 aliphatic carbocycles. The third-order valence-electron chi connectivity index (χ3n) is 5.03. The molecule has 1 aliphatic rings. The van der Waals surface area contributed by atoms with Gasteiger partial charge in [0, 0.05) is 30.5 Å². The molecule has 0 N–H and O–H groups in total. The van der Waals surface area contributed by atoms with E-state index in [1.165, 1.54) is 24.2 Å². The van der Waals surface area contributed by atoms with Crippen LogP contribution in [-0.2, 0) is 0 Å². The van der Waals surface area contributed by atoms with Gasteiger partial charge in [0.25, 0.3) is 5.91 Å². The molecule has 26 heavy (non-hydrogen) atoms. The van der Waals surface area contributed by atoms with E-state index < -0.39 is 0 Å². The largest absolute Gasteiger partial charge is 0.497 e. The van der Waals surface area contributed by atoms with Gasteiger partial charge < -0.3 is 9.64 Å². The second-order valence-electron chi connectivity index (χ2n) is 6.73. The molecule has 0 unspecified atom stereocenters. The normalized spacial score (nSPS) is 15.2. The summed E-state index contributed by atoms with van der Waals surface area (Å²) < 4.78 is 7.25. The fraction of sp³-hybridized carbons (Fsp3) is 0.400. The molecule has 2 aromatic heterocycles. The molecule has 0 saturated carbocycles. The van der Waals surface area contributed by atoms with Gasteiger partial charge in [0.15, 0.2) is 4.96 Å². The van der Waals surface area contributed by atoms with Crippen LogP contribution in [0.5, 0.6) is 5.75 Å². The molecule has 6 heteroatoms. The minimum atomic E-state index is 0.158. The number of nitrogens with zero attached hydrogens (tertiary/aromatic N) is 3. The maximum Gasteiger partial charge on any atom is 0.265 e. The van der Waals surface area contributed by atoms with Crippen LogP contribution in [0.2, 0.25) is 0 Å². The average molecular weight is 369 g/mol. The number of likely N-dealkylation sites (tertiary alicyclic amines) is 1. The Labute approximate surface area is 157 Å². The molecular formula is C20H23N3O2S. The summed E-state index contributed by atoms with van der Waals surface area (Å²) in [5.74, 6) is 0.988. The number of carbonyl (C=O) groups is 1. The number of aryl methyl sites for hydroxylation is 1. The third-order valence-corrected chi connectivity index (χ3v) is 6.17. The van der Waals surface area contributed by atoms with Crippen LogP contribution in [0, 0.1) is 6.92 Å². The van der Waals surface area contributed by atoms with E-state index in [1.807, 2.05) is 46.7 Å². The Bertz CT molecular complexity index is 919. The average Bonchev–Trinajstić information content (AvgIpc) is 3.08. The molecule has 136 valence electrons. The number of benzene rings is 1. The maximum absolute atomic E-state index is 12.9. The maximum atomic E-state index is 12.9. The van der Waals surface area contributed by atoms with Gasteiger partial charge in [-0.3, -0.25) is 9.20 Å². The van der Waals surface area contributed by atoms with Crippen molar-refractivity contribution in [3.8, 4) is 17.0 Å². The lowest BCUT2D eigenvalue weighted by Crippen LogP contribution is -2.31. The zero-order chi connectivity index (χ0) is 18.1. The quantitative estimate of drug-likeness (QED) is 0.688. The zero-order valence-corrected chi connectivity index (χ0v) is 16.0. The Morgan fingerprint density at radius 1 is 1.12 bits per heavy atom. The molecule has 3 heterocycles. The second-order valence-corrected chi connectivity index (χ2v) is 7.71. The number of thiazole rings is 1. The van der Waals surface area contributed by atoms with Gasteiger partial charge in [-0.15, -0.1) is 0 Å². The summed E-state index contributed by atoms with van der Waals surface area (Å²) in [7, 11) is 1.66. The molecule has 0 radical (unpaired) electrons. The lowest BCUT2D eigenvalue weighted by atomic mass is 10.2. The van der Waals surface area contributed by atoms with Gasteiger partial charge in [-0.05, 0) is 44.0 Å². The number of amides is 1. The van der Waals surface area contributed by atoms with Gasteiger partial charge >= 0.3 is 0 Å². The summed E-state index contributed by atoms with van der Waals surface area (Å²) in [6.45, 7) is 3.75. The van der Waals surface area contributed by atoms with Crippen LogP contribution in [0.4, 0.5) is 0 Å².